The van der Waals surface area contributed by atoms with E-state index in [1.165, 1.54) is 20.2 Å². The number of aromatic nitrogens is 2. The molecule has 0 amide bonds. The van der Waals surface area contributed by atoms with Crippen molar-refractivity contribution in [1.82, 2.24) is 15.1 Å². The maximum Gasteiger partial charge on any atom is 0.436 e. The largest absolute Gasteiger partial charge is 0.436 e. The Kier molecular flexibility index (Phi) is 4.34. The molecule has 20 heavy (non-hydrogen) atoms. The summed E-state index contributed by atoms with van der Waals surface area (Å²) in [5.41, 5.74) is -1.01. The van der Waals surface area contributed by atoms with Crippen molar-refractivity contribution in [3.63, 3.8) is 0 Å². The topological polar surface area (TPSA) is 29.9 Å². The third-order valence-electron chi connectivity index (χ3n) is 3.44. The van der Waals surface area contributed by atoms with Gasteiger partial charge in [-0.05, 0) is 32.9 Å². The molecule has 1 aliphatic heterocycles. The van der Waals surface area contributed by atoms with Crippen molar-refractivity contribution < 1.29 is 17.6 Å². The first-order valence-electron chi connectivity index (χ1n) is 6.39. The Labute approximate surface area is 119 Å². The monoisotopic (exact) mass is 311 g/mol. The van der Waals surface area contributed by atoms with Crippen molar-refractivity contribution in [2.75, 3.05) is 13.1 Å². The highest BCUT2D eigenvalue weighted by atomic mass is 32.2. The number of thioether (sulfide) groups is 1. The number of aryl methyl sites for hydroxylation is 1. The summed E-state index contributed by atoms with van der Waals surface area (Å²) < 4.78 is 54.4. The first-order valence-corrected chi connectivity index (χ1v) is 7.21. The number of alkyl halides is 4. The van der Waals surface area contributed by atoms with Crippen molar-refractivity contribution in [2.45, 2.75) is 35.8 Å². The van der Waals surface area contributed by atoms with Gasteiger partial charge in [0.1, 0.15) is 0 Å². The molecule has 0 saturated carbocycles. The summed E-state index contributed by atoms with van der Waals surface area (Å²) in [6, 6.07) is 0. The lowest BCUT2D eigenvalue weighted by atomic mass is 9.93. The molecule has 1 unspecified atom stereocenters. The molecule has 1 aromatic heterocycles. The molecule has 1 saturated heterocycles. The zero-order valence-corrected chi connectivity index (χ0v) is 12.1. The molecule has 1 aromatic rings. The molecule has 2 heterocycles. The first-order chi connectivity index (χ1) is 9.20. The van der Waals surface area contributed by atoms with Crippen LogP contribution in [-0.2, 0) is 13.2 Å². The van der Waals surface area contributed by atoms with Crippen LogP contribution in [0.5, 0.6) is 0 Å². The van der Waals surface area contributed by atoms with Crippen molar-refractivity contribution in [2.24, 2.45) is 13.0 Å². The lowest BCUT2D eigenvalue weighted by Crippen LogP contribution is -2.37. The molecular formula is C12H17F4N3S. The summed E-state index contributed by atoms with van der Waals surface area (Å²) >= 11 is 0.629. The molecule has 8 heteroatoms. The van der Waals surface area contributed by atoms with E-state index in [2.05, 4.69) is 10.4 Å². The average molecular weight is 311 g/mol. The first kappa shape index (κ1) is 15.6. The highest BCUT2D eigenvalue weighted by molar-refractivity contribution is 8.00. The van der Waals surface area contributed by atoms with Gasteiger partial charge in [0.05, 0.1) is 4.90 Å². The summed E-state index contributed by atoms with van der Waals surface area (Å²) in [6.45, 7) is 2.76. The number of halogens is 4. The molecule has 114 valence electrons. The highest BCUT2D eigenvalue weighted by Gasteiger charge is 2.42. The molecular weight excluding hydrogens is 294 g/mol. The van der Waals surface area contributed by atoms with E-state index in [0.29, 0.717) is 37.7 Å². The Morgan fingerprint density at radius 1 is 1.30 bits per heavy atom. The molecule has 3 nitrogen and oxygen atoms in total. The van der Waals surface area contributed by atoms with E-state index in [-0.39, 0.29) is 10.8 Å². The zero-order chi connectivity index (χ0) is 15.0. The lowest BCUT2D eigenvalue weighted by Gasteiger charge is -2.33. The Hall–Kier alpha value is -0.760. The summed E-state index contributed by atoms with van der Waals surface area (Å²) in [5.74, 6) is -0.255. The minimum absolute atomic E-state index is 0.150. The third kappa shape index (κ3) is 3.46. The van der Waals surface area contributed by atoms with Crippen LogP contribution in [0.25, 0.3) is 0 Å². The fraction of sp³-hybridized carbons (Fsp3) is 0.750. The van der Waals surface area contributed by atoms with Gasteiger partial charge in [0.25, 0.3) is 0 Å². The normalized spacial score (nSPS) is 20.9. The molecule has 0 bridgehead atoms. The van der Waals surface area contributed by atoms with Gasteiger partial charge in [0.2, 0.25) is 0 Å². The molecule has 1 atom stereocenters. The number of hydrogen-bond acceptors (Lipinski definition) is 3. The van der Waals surface area contributed by atoms with Crippen LogP contribution in [0.15, 0.2) is 11.1 Å². The second kappa shape index (κ2) is 5.55. The van der Waals surface area contributed by atoms with E-state index in [0.717, 1.165) is 4.68 Å². The predicted octanol–water partition coefficient (Wildman–Crippen LogP) is 3.22. The minimum Gasteiger partial charge on any atom is -0.317 e. The van der Waals surface area contributed by atoms with Crippen LogP contribution in [-0.4, -0.2) is 27.9 Å². The molecule has 0 spiro atoms. The fourth-order valence-corrected chi connectivity index (χ4v) is 3.66. The maximum atomic E-state index is 14.8. The highest BCUT2D eigenvalue weighted by Crippen LogP contribution is 2.46. The average Bonchev–Trinajstić information content (AvgIpc) is 2.70. The van der Waals surface area contributed by atoms with Crippen LogP contribution in [0, 0.1) is 5.92 Å². The smallest absolute Gasteiger partial charge is 0.317 e. The van der Waals surface area contributed by atoms with E-state index < -0.39 is 16.9 Å². The SMILES string of the molecule is Cn1cc(SC(C)(F)C2CCNCC2)c(C(F)(F)F)n1. The zero-order valence-electron chi connectivity index (χ0n) is 11.3. The number of rotatable bonds is 3. The van der Waals surface area contributed by atoms with Crippen LogP contribution in [0.3, 0.4) is 0 Å². The molecule has 0 radical (unpaired) electrons. The molecule has 0 aliphatic carbocycles. The molecule has 1 N–H and O–H groups in total. The van der Waals surface area contributed by atoms with E-state index in [4.69, 9.17) is 0 Å². The summed E-state index contributed by atoms with van der Waals surface area (Å²) in [5, 5.41) is 4.79. The predicted molar refractivity (Wildman–Crippen MR) is 69.2 cm³/mol. The van der Waals surface area contributed by atoms with Crippen molar-refractivity contribution in [1.29, 1.82) is 0 Å². The van der Waals surface area contributed by atoms with Gasteiger partial charge in [-0.25, -0.2) is 4.39 Å². The molecule has 1 aliphatic rings. The van der Waals surface area contributed by atoms with E-state index >= 15 is 0 Å². The second-order valence-corrected chi connectivity index (χ2v) is 6.57. The van der Waals surface area contributed by atoms with Crippen LogP contribution in [0.4, 0.5) is 17.6 Å². The van der Waals surface area contributed by atoms with Gasteiger partial charge in [0.15, 0.2) is 10.7 Å². The Morgan fingerprint density at radius 3 is 2.45 bits per heavy atom. The number of hydrogen-bond donors (Lipinski definition) is 1. The quantitative estimate of drug-likeness (QED) is 0.687. The van der Waals surface area contributed by atoms with Crippen molar-refractivity contribution in [3.05, 3.63) is 11.9 Å². The van der Waals surface area contributed by atoms with Gasteiger partial charge >= 0.3 is 6.18 Å². The van der Waals surface area contributed by atoms with Gasteiger partial charge in [-0.1, -0.05) is 11.8 Å². The van der Waals surface area contributed by atoms with Gasteiger partial charge in [-0.15, -0.1) is 0 Å². The standard InChI is InChI=1S/C12H17F4N3S/c1-11(13,8-3-5-17-6-4-8)20-9-7-19(2)18-10(9)12(14,15)16/h7-8,17H,3-6H2,1-2H3. The van der Waals surface area contributed by atoms with Crippen LogP contribution in [0.1, 0.15) is 25.5 Å². The molecule has 1 fully saturated rings. The van der Waals surface area contributed by atoms with Gasteiger partial charge < -0.3 is 5.32 Å². The third-order valence-corrected chi connectivity index (χ3v) is 4.69. The second-order valence-electron chi connectivity index (χ2n) is 5.13. The van der Waals surface area contributed by atoms with Crippen LogP contribution in [0.2, 0.25) is 0 Å². The van der Waals surface area contributed by atoms with E-state index in [9.17, 15) is 17.6 Å². The number of nitrogens with one attached hydrogen (secondary N) is 1. The Morgan fingerprint density at radius 2 is 1.90 bits per heavy atom. The Bertz CT molecular complexity index is 464. The van der Waals surface area contributed by atoms with E-state index in [1.807, 2.05) is 0 Å². The molecule has 2 rings (SSSR count). The summed E-state index contributed by atoms with van der Waals surface area (Å²) in [6.07, 6.45) is -2.08. The van der Waals surface area contributed by atoms with Gasteiger partial charge in [-0.2, -0.15) is 18.3 Å². The minimum atomic E-state index is -4.56. The number of piperidine rings is 1. The lowest BCUT2D eigenvalue weighted by molar-refractivity contribution is -0.143. The van der Waals surface area contributed by atoms with Gasteiger partial charge in [0, 0.05) is 19.2 Å². The van der Waals surface area contributed by atoms with Crippen molar-refractivity contribution in [3.8, 4) is 0 Å². The molecule has 0 aromatic carbocycles. The summed E-state index contributed by atoms with van der Waals surface area (Å²) in [4.78, 5) is -0.150. The maximum absolute atomic E-state index is 14.8. The number of nitrogens with zero attached hydrogens (tertiary/aromatic N) is 2. The Balaban J connectivity index is 2.20. The van der Waals surface area contributed by atoms with E-state index in [1.54, 1.807) is 0 Å². The van der Waals surface area contributed by atoms with Crippen LogP contribution >= 0.6 is 11.8 Å². The van der Waals surface area contributed by atoms with Gasteiger partial charge in [-0.3, -0.25) is 4.68 Å². The fourth-order valence-electron chi connectivity index (χ4n) is 2.37. The summed E-state index contributed by atoms with van der Waals surface area (Å²) in [7, 11) is 1.40. The van der Waals surface area contributed by atoms with Crippen molar-refractivity contribution >= 4 is 11.8 Å². The van der Waals surface area contributed by atoms with Crippen LogP contribution < -0.4 is 5.32 Å².